The second-order valence-electron chi connectivity index (χ2n) is 5.60. The zero-order valence-corrected chi connectivity index (χ0v) is 12.3. The summed E-state index contributed by atoms with van der Waals surface area (Å²) in [5.74, 6) is 0.322. The van der Waals surface area contributed by atoms with Gasteiger partial charge in [0.15, 0.2) is 0 Å². The molecular weight excluding hydrogens is 230 g/mol. The lowest BCUT2D eigenvalue weighted by Gasteiger charge is -2.30. The van der Waals surface area contributed by atoms with E-state index in [0.29, 0.717) is 38.7 Å². The van der Waals surface area contributed by atoms with Gasteiger partial charge in [0, 0.05) is 13.0 Å². The van der Waals surface area contributed by atoms with Crippen molar-refractivity contribution in [3.05, 3.63) is 0 Å². The van der Waals surface area contributed by atoms with Gasteiger partial charge in [0.1, 0.15) is 6.61 Å². The number of hydrogen-bond donors (Lipinski definition) is 1. The van der Waals surface area contributed by atoms with Crippen molar-refractivity contribution in [2.45, 2.75) is 47.0 Å². The summed E-state index contributed by atoms with van der Waals surface area (Å²) in [6.45, 7) is 10.6. The van der Waals surface area contributed by atoms with Crippen LogP contribution in [-0.2, 0) is 14.3 Å². The van der Waals surface area contributed by atoms with E-state index in [2.05, 4.69) is 20.8 Å². The molecule has 0 heterocycles. The van der Waals surface area contributed by atoms with E-state index in [1.807, 2.05) is 6.92 Å². The molecule has 0 bridgehead atoms. The third kappa shape index (κ3) is 8.48. The Labute approximate surface area is 111 Å². The monoisotopic (exact) mass is 259 g/mol. The van der Waals surface area contributed by atoms with Crippen molar-refractivity contribution in [3.63, 3.8) is 0 Å². The maximum Gasteiger partial charge on any atom is 0.305 e. The van der Waals surface area contributed by atoms with E-state index >= 15 is 0 Å². The molecule has 0 aliphatic heterocycles. The van der Waals surface area contributed by atoms with Crippen molar-refractivity contribution >= 4 is 5.97 Å². The SMILES string of the molecule is CCOCCOC(=O)CCC(CCN)C(C)(C)C. The van der Waals surface area contributed by atoms with Crippen LogP contribution in [0.5, 0.6) is 0 Å². The van der Waals surface area contributed by atoms with Crippen molar-refractivity contribution in [1.82, 2.24) is 0 Å². The summed E-state index contributed by atoms with van der Waals surface area (Å²) in [6.07, 6.45) is 2.26. The molecule has 0 aromatic rings. The van der Waals surface area contributed by atoms with Gasteiger partial charge in [-0.25, -0.2) is 0 Å². The predicted molar refractivity (Wildman–Crippen MR) is 73.3 cm³/mol. The molecule has 18 heavy (non-hydrogen) atoms. The summed E-state index contributed by atoms with van der Waals surface area (Å²) in [5.41, 5.74) is 5.80. The van der Waals surface area contributed by atoms with Gasteiger partial charge in [-0.15, -0.1) is 0 Å². The normalized spacial score (nSPS) is 13.4. The fourth-order valence-electron chi connectivity index (χ4n) is 1.93. The molecule has 1 unspecified atom stereocenters. The fourth-order valence-corrected chi connectivity index (χ4v) is 1.93. The number of carbonyl (C=O) groups is 1. The summed E-state index contributed by atoms with van der Waals surface area (Å²) in [7, 11) is 0. The Morgan fingerprint density at radius 3 is 2.39 bits per heavy atom. The smallest absolute Gasteiger partial charge is 0.305 e. The number of esters is 1. The average Bonchev–Trinajstić information content (AvgIpc) is 2.28. The summed E-state index contributed by atoms with van der Waals surface area (Å²) in [6, 6.07) is 0. The Bertz CT molecular complexity index is 224. The highest BCUT2D eigenvalue weighted by Crippen LogP contribution is 2.32. The van der Waals surface area contributed by atoms with Gasteiger partial charge in [-0.05, 0) is 37.6 Å². The number of rotatable bonds is 9. The van der Waals surface area contributed by atoms with E-state index in [4.69, 9.17) is 15.2 Å². The lowest BCUT2D eigenvalue weighted by atomic mass is 9.76. The van der Waals surface area contributed by atoms with Crippen molar-refractivity contribution in [2.75, 3.05) is 26.4 Å². The first kappa shape index (κ1) is 17.4. The molecule has 0 rings (SSSR count). The van der Waals surface area contributed by atoms with E-state index in [1.165, 1.54) is 0 Å². The molecule has 0 aromatic heterocycles. The second-order valence-corrected chi connectivity index (χ2v) is 5.60. The van der Waals surface area contributed by atoms with E-state index < -0.39 is 0 Å². The first-order valence-electron chi connectivity index (χ1n) is 6.85. The maximum absolute atomic E-state index is 11.5. The fraction of sp³-hybridized carbons (Fsp3) is 0.929. The molecule has 0 fully saturated rings. The minimum absolute atomic E-state index is 0.138. The van der Waals surface area contributed by atoms with Crippen LogP contribution in [0.4, 0.5) is 0 Å². The van der Waals surface area contributed by atoms with Gasteiger partial charge in [-0.3, -0.25) is 4.79 Å². The van der Waals surface area contributed by atoms with E-state index in [9.17, 15) is 4.79 Å². The molecule has 2 N–H and O–H groups in total. The number of ether oxygens (including phenoxy) is 2. The first-order chi connectivity index (χ1) is 8.41. The van der Waals surface area contributed by atoms with Crippen LogP contribution < -0.4 is 5.73 Å². The van der Waals surface area contributed by atoms with Crippen LogP contribution >= 0.6 is 0 Å². The van der Waals surface area contributed by atoms with Crippen LogP contribution in [-0.4, -0.2) is 32.3 Å². The molecule has 0 saturated heterocycles. The molecule has 0 amide bonds. The minimum atomic E-state index is -0.138. The van der Waals surface area contributed by atoms with Gasteiger partial charge in [0.05, 0.1) is 6.61 Å². The topological polar surface area (TPSA) is 61.5 Å². The van der Waals surface area contributed by atoms with E-state index in [-0.39, 0.29) is 11.4 Å². The lowest BCUT2D eigenvalue weighted by molar-refractivity contribution is -0.145. The zero-order valence-electron chi connectivity index (χ0n) is 12.3. The molecule has 0 spiro atoms. The molecule has 4 heteroatoms. The quantitative estimate of drug-likeness (QED) is 0.510. The highest BCUT2D eigenvalue weighted by atomic mass is 16.6. The van der Waals surface area contributed by atoms with Gasteiger partial charge < -0.3 is 15.2 Å². The van der Waals surface area contributed by atoms with Crippen molar-refractivity contribution in [1.29, 1.82) is 0 Å². The van der Waals surface area contributed by atoms with E-state index in [1.54, 1.807) is 0 Å². The molecule has 0 aliphatic rings. The van der Waals surface area contributed by atoms with Crippen LogP contribution in [0, 0.1) is 11.3 Å². The number of nitrogens with two attached hydrogens (primary N) is 1. The maximum atomic E-state index is 11.5. The van der Waals surface area contributed by atoms with E-state index in [0.717, 1.165) is 12.8 Å². The third-order valence-corrected chi connectivity index (χ3v) is 3.13. The average molecular weight is 259 g/mol. The van der Waals surface area contributed by atoms with Crippen LogP contribution in [0.25, 0.3) is 0 Å². The largest absolute Gasteiger partial charge is 0.463 e. The minimum Gasteiger partial charge on any atom is -0.463 e. The Hall–Kier alpha value is -0.610. The highest BCUT2D eigenvalue weighted by Gasteiger charge is 2.24. The van der Waals surface area contributed by atoms with Gasteiger partial charge in [-0.1, -0.05) is 20.8 Å². The zero-order chi connectivity index (χ0) is 14.0. The van der Waals surface area contributed by atoms with Gasteiger partial charge in [0.25, 0.3) is 0 Å². The Morgan fingerprint density at radius 2 is 1.89 bits per heavy atom. The summed E-state index contributed by atoms with van der Waals surface area (Å²) >= 11 is 0. The van der Waals surface area contributed by atoms with Crippen molar-refractivity contribution in [3.8, 4) is 0 Å². The van der Waals surface area contributed by atoms with Gasteiger partial charge in [-0.2, -0.15) is 0 Å². The third-order valence-electron chi connectivity index (χ3n) is 3.13. The second kappa shape index (κ2) is 9.34. The molecule has 108 valence electrons. The van der Waals surface area contributed by atoms with Crippen molar-refractivity contribution < 1.29 is 14.3 Å². The molecular formula is C14H29NO3. The van der Waals surface area contributed by atoms with Crippen LogP contribution in [0.3, 0.4) is 0 Å². The standard InChI is InChI=1S/C14H29NO3/c1-5-17-10-11-18-13(16)7-6-12(8-9-15)14(2,3)4/h12H,5-11,15H2,1-4H3. The molecule has 0 radical (unpaired) electrons. The Balaban J connectivity index is 3.86. The highest BCUT2D eigenvalue weighted by molar-refractivity contribution is 5.69. The number of carbonyl (C=O) groups excluding carboxylic acids is 1. The lowest BCUT2D eigenvalue weighted by Crippen LogP contribution is -2.24. The molecule has 0 aromatic carbocycles. The molecule has 1 atom stereocenters. The summed E-state index contributed by atoms with van der Waals surface area (Å²) in [5, 5.41) is 0. The first-order valence-corrected chi connectivity index (χ1v) is 6.85. The summed E-state index contributed by atoms with van der Waals surface area (Å²) in [4.78, 5) is 11.5. The van der Waals surface area contributed by atoms with Crippen LogP contribution in [0.2, 0.25) is 0 Å². The predicted octanol–water partition coefficient (Wildman–Crippen LogP) is 2.36. The molecule has 4 nitrogen and oxygen atoms in total. The Morgan fingerprint density at radius 1 is 1.22 bits per heavy atom. The van der Waals surface area contributed by atoms with Crippen molar-refractivity contribution in [2.24, 2.45) is 17.1 Å². The number of hydrogen-bond acceptors (Lipinski definition) is 4. The Kier molecular flexibility index (Phi) is 9.02. The summed E-state index contributed by atoms with van der Waals surface area (Å²) < 4.78 is 10.2. The van der Waals surface area contributed by atoms with Gasteiger partial charge >= 0.3 is 5.97 Å². The molecule has 0 aliphatic carbocycles. The van der Waals surface area contributed by atoms with Gasteiger partial charge in [0.2, 0.25) is 0 Å². The molecule has 0 saturated carbocycles. The van der Waals surface area contributed by atoms with Crippen LogP contribution in [0.1, 0.15) is 47.0 Å². The van der Waals surface area contributed by atoms with Crippen LogP contribution in [0.15, 0.2) is 0 Å².